The van der Waals surface area contributed by atoms with Crippen LogP contribution in [0.25, 0.3) is 0 Å². The molecule has 0 amide bonds. The van der Waals surface area contributed by atoms with Crippen molar-refractivity contribution in [2.75, 3.05) is 6.54 Å². The monoisotopic (exact) mass is 280 g/mol. The lowest BCUT2D eigenvalue weighted by Crippen LogP contribution is -2.12. The normalized spacial score (nSPS) is 24.1. The molecule has 1 aliphatic rings. The van der Waals surface area contributed by atoms with Gasteiger partial charge in [-0.15, -0.1) is 11.3 Å². The molecule has 19 heavy (non-hydrogen) atoms. The number of nitrogens with zero attached hydrogens (tertiary/aromatic N) is 1. The van der Waals surface area contributed by atoms with Crippen LogP contribution in [0.15, 0.2) is 0 Å². The molecular weight excluding hydrogens is 252 g/mol. The molecule has 1 saturated carbocycles. The summed E-state index contributed by atoms with van der Waals surface area (Å²) in [4.78, 5) is 6.45. The molecule has 0 radical (unpaired) electrons. The standard InChI is InChI=1S/C16H28N2S/c1-5-17-10-14-15(11(2)3)18-16(19-14)13-8-6-12(4)7-9-13/h11-13,17H,5-10H2,1-4H3. The predicted molar refractivity (Wildman–Crippen MR) is 84.0 cm³/mol. The molecule has 3 heteroatoms. The molecule has 2 nitrogen and oxygen atoms in total. The van der Waals surface area contributed by atoms with Crippen LogP contribution in [0.2, 0.25) is 0 Å². The fraction of sp³-hybridized carbons (Fsp3) is 0.812. The number of rotatable bonds is 5. The Bertz CT molecular complexity index is 389. The maximum atomic E-state index is 4.99. The van der Waals surface area contributed by atoms with Gasteiger partial charge in [0.1, 0.15) is 0 Å². The van der Waals surface area contributed by atoms with Crippen LogP contribution in [-0.2, 0) is 6.54 Å². The van der Waals surface area contributed by atoms with Crippen molar-refractivity contribution in [3.63, 3.8) is 0 Å². The summed E-state index contributed by atoms with van der Waals surface area (Å²) in [5, 5.41) is 4.86. The van der Waals surface area contributed by atoms with Crippen LogP contribution in [0.3, 0.4) is 0 Å². The Hall–Kier alpha value is -0.410. The van der Waals surface area contributed by atoms with Crippen molar-refractivity contribution in [1.29, 1.82) is 0 Å². The first kappa shape index (κ1) is 15.0. The maximum absolute atomic E-state index is 4.99. The van der Waals surface area contributed by atoms with E-state index < -0.39 is 0 Å². The Morgan fingerprint density at radius 1 is 1.26 bits per heavy atom. The van der Waals surface area contributed by atoms with E-state index in [1.165, 1.54) is 41.3 Å². The lowest BCUT2D eigenvalue weighted by Gasteiger charge is -2.24. The number of hydrogen-bond acceptors (Lipinski definition) is 3. The second-order valence-corrected chi connectivity index (χ2v) is 7.37. The van der Waals surface area contributed by atoms with E-state index in [1.54, 1.807) is 0 Å². The lowest BCUT2D eigenvalue weighted by molar-refractivity contribution is 0.347. The summed E-state index contributed by atoms with van der Waals surface area (Å²) in [6.45, 7) is 11.1. The summed E-state index contributed by atoms with van der Waals surface area (Å²) in [6.07, 6.45) is 5.44. The summed E-state index contributed by atoms with van der Waals surface area (Å²) < 4.78 is 0. The topological polar surface area (TPSA) is 24.9 Å². The van der Waals surface area contributed by atoms with Gasteiger partial charge in [-0.1, -0.05) is 40.5 Å². The predicted octanol–water partition coefficient (Wildman–Crippen LogP) is 4.67. The molecule has 1 N–H and O–H groups in total. The van der Waals surface area contributed by atoms with Gasteiger partial charge in [-0.05, 0) is 31.2 Å². The summed E-state index contributed by atoms with van der Waals surface area (Å²) in [5.41, 5.74) is 1.33. The highest BCUT2D eigenvalue weighted by molar-refractivity contribution is 7.11. The molecule has 1 aromatic rings. The summed E-state index contributed by atoms with van der Waals surface area (Å²) in [5.74, 6) is 2.19. The highest BCUT2D eigenvalue weighted by Crippen LogP contribution is 2.39. The zero-order valence-electron chi connectivity index (χ0n) is 12.8. The average molecular weight is 280 g/mol. The Kier molecular flexibility index (Phi) is 5.40. The molecular formula is C16H28N2S. The third-order valence-corrected chi connectivity index (χ3v) is 5.43. The van der Waals surface area contributed by atoms with Crippen molar-refractivity contribution >= 4 is 11.3 Å². The van der Waals surface area contributed by atoms with Crippen molar-refractivity contribution in [2.45, 2.75) is 71.8 Å². The Morgan fingerprint density at radius 3 is 2.53 bits per heavy atom. The largest absolute Gasteiger partial charge is 0.312 e. The smallest absolute Gasteiger partial charge is 0.0962 e. The number of thiazole rings is 1. The van der Waals surface area contributed by atoms with Crippen molar-refractivity contribution in [3.05, 3.63) is 15.6 Å². The average Bonchev–Trinajstić information content (AvgIpc) is 2.81. The molecule has 0 saturated heterocycles. The molecule has 1 aromatic heterocycles. The van der Waals surface area contributed by atoms with Gasteiger partial charge >= 0.3 is 0 Å². The Labute approximate surface area is 122 Å². The van der Waals surface area contributed by atoms with E-state index in [9.17, 15) is 0 Å². The summed E-state index contributed by atoms with van der Waals surface area (Å²) in [6, 6.07) is 0. The second-order valence-electron chi connectivity index (χ2n) is 6.25. The molecule has 0 aliphatic heterocycles. The fourth-order valence-electron chi connectivity index (χ4n) is 2.88. The first-order chi connectivity index (χ1) is 9.11. The molecule has 1 heterocycles. The minimum absolute atomic E-state index is 0.543. The van der Waals surface area contributed by atoms with E-state index in [0.717, 1.165) is 24.9 Å². The molecule has 0 aromatic carbocycles. The van der Waals surface area contributed by atoms with Crippen LogP contribution in [0.5, 0.6) is 0 Å². The van der Waals surface area contributed by atoms with Crippen LogP contribution in [0.1, 0.15) is 80.8 Å². The van der Waals surface area contributed by atoms with Crippen LogP contribution in [0, 0.1) is 5.92 Å². The number of hydrogen-bond donors (Lipinski definition) is 1. The van der Waals surface area contributed by atoms with E-state index in [-0.39, 0.29) is 0 Å². The van der Waals surface area contributed by atoms with Gasteiger partial charge in [-0.2, -0.15) is 0 Å². The minimum Gasteiger partial charge on any atom is -0.312 e. The fourth-order valence-corrected chi connectivity index (χ4v) is 4.24. The van der Waals surface area contributed by atoms with Crippen molar-refractivity contribution in [1.82, 2.24) is 10.3 Å². The number of aromatic nitrogens is 1. The molecule has 1 fully saturated rings. The summed E-state index contributed by atoms with van der Waals surface area (Å²) >= 11 is 1.96. The molecule has 2 rings (SSSR count). The summed E-state index contributed by atoms with van der Waals surface area (Å²) in [7, 11) is 0. The molecule has 0 bridgehead atoms. The van der Waals surface area contributed by atoms with Gasteiger partial charge in [0.05, 0.1) is 10.7 Å². The third kappa shape index (κ3) is 3.79. The first-order valence-electron chi connectivity index (χ1n) is 7.82. The molecule has 0 spiro atoms. The number of nitrogens with one attached hydrogen (secondary N) is 1. The van der Waals surface area contributed by atoms with E-state index in [0.29, 0.717) is 5.92 Å². The zero-order chi connectivity index (χ0) is 13.8. The van der Waals surface area contributed by atoms with Gasteiger partial charge in [0.25, 0.3) is 0 Å². The van der Waals surface area contributed by atoms with Gasteiger partial charge in [0.2, 0.25) is 0 Å². The molecule has 0 unspecified atom stereocenters. The van der Waals surface area contributed by atoms with E-state index in [2.05, 4.69) is 33.0 Å². The maximum Gasteiger partial charge on any atom is 0.0962 e. The van der Waals surface area contributed by atoms with Crippen molar-refractivity contribution in [2.24, 2.45) is 5.92 Å². The van der Waals surface area contributed by atoms with Crippen LogP contribution in [-0.4, -0.2) is 11.5 Å². The second kappa shape index (κ2) is 6.85. The quantitative estimate of drug-likeness (QED) is 0.848. The third-order valence-electron chi connectivity index (χ3n) is 4.19. The molecule has 1 aliphatic carbocycles. The van der Waals surface area contributed by atoms with Crippen LogP contribution < -0.4 is 5.32 Å². The lowest BCUT2D eigenvalue weighted by atomic mass is 9.83. The first-order valence-corrected chi connectivity index (χ1v) is 8.63. The minimum atomic E-state index is 0.543. The van der Waals surface area contributed by atoms with E-state index in [4.69, 9.17) is 4.98 Å². The molecule has 108 valence electrons. The van der Waals surface area contributed by atoms with Gasteiger partial charge in [-0.3, -0.25) is 0 Å². The molecule has 0 atom stereocenters. The van der Waals surface area contributed by atoms with Gasteiger partial charge in [-0.25, -0.2) is 4.98 Å². The van der Waals surface area contributed by atoms with Gasteiger partial charge in [0.15, 0.2) is 0 Å². The van der Waals surface area contributed by atoms with Gasteiger partial charge < -0.3 is 5.32 Å². The van der Waals surface area contributed by atoms with Crippen LogP contribution in [0.4, 0.5) is 0 Å². The highest BCUT2D eigenvalue weighted by atomic mass is 32.1. The zero-order valence-corrected chi connectivity index (χ0v) is 13.6. The van der Waals surface area contributed by atoms with E-state index >= 15 is 0 Å². The van der Waals surface area contributed by atoms with Crippen molar-refractivity contribution in [3.8, 4) is 0 Å². The Balaban J connectivity index is 2.12. The SMILES string of the molecule is CCNCc1sc(C2CCC(C)CC2)nc1C(C)C. The van der Waals surface area contributed by atoms with E-state index in [1.807, 2.05) is 11.3 Å². The van der Waals surface area contributed by atoms with Crippen molar-refractivity contribution < 1.29 is 0 Å². The highest BCUT2D eigenvalue weighted by Gasteiger charge is 2.24. The van der Waals surface area contributed by atoms with Crippen LogP contribution >= 0.6 is 11.3 Å². The Morgan fingerprint density at radius 2 is 1.95 bits per heavy atom. The van der Waals surface area contributed by atoms with Gasteiger partial charge in [0, 0.05) is 17.3 Å².